The highest BCUT2D eigenvalue weighted by Gasteiger charge is 2.34. The van der Waals surface area contributed by atoms with E-state index < -0.39 is 11.9 Å². The second kappa shape index (κ2) is 4.92. The number of fused-ring (bicyclic) bond motifs is 1. The molecule has 2 aliphatic heterocycles. The van der Waals surface area contributed by atoms with Crippen molar-refractivity contribution in [2.45, 2.75) is 44.6 Å². The van der Waals surface area contributed by atoms with Crippen molar-refractivity contribution < 1.29 is 9.90 Å². The molecule has 6 heteroatoms. The molecule has 1 fully saturated rings. The molecule has 3 rings (SSSR count). The molecule has 0 amide bonds. The molecule has 0 bridgehead atoms. The van der Waals surface area contributed by atoms with Crippen LogP contribution in [0.25, 0.3) is 0 Å². The molecule has 6 nitrogen and oxygen atoms in total. The van der Waals surface area contributed by atoms with Crippen LogP contribution in [-0.2, 0) is 11.3 Å². The van der Waals surface area contributed by atoms with Gasteiger partial charge in [-0.25, -0.2) is 0 Å². The molecule has 2 unspecified atom stereocenters. The Kier molecular flexibility index (Phi) is 3.26. The van der Waals surface area contributed by atoms with E-state index in [0.29, 0.717) is 18.2 Å². The number of likely N-dealkylation sites (tertiary alicyclic amines) is 1. The Morgan fingerprint density at radius 1 is 1.32 bits per heavy atom. The van der Waals surface area contributed by atoms with E-state index in [2.05, 4.69) is 26.6 Å². The Morgan fingerprint density at radius 2 is 2.11 bits per heavy atom. The highest BCUT2D eigenvalue weighted by Crippen LogP contribution is 2.32. The summed E-state index contributed by atoms with van der Waals surface area (Å²) in [5.74, 6) is 0.814. The summed E-state index contributed by atoms with van der Waals surface area (Å²) in [4.78, 5) is 13.7. The first-order valence-electron chi connectivity index (χ1n) is 7.08. The monoisotopic (exact) mass is 264 g/mol. The molecule has 0 saturated carbocycles. The largest absolute Gasteiger partial charge is 0.481 e. The summed E-state index contributed by atoms with van der Waals surface area (Å²) in [7, 11) is 0. The van der Waals surface area contributed by atoms with Crippen molar-refractivity contribution in [3.05, 3.63) is 11.6 Å². The minimum atomic E-state index is -0.776. The summed E-state index contributed by atoms with van der Waals surface area (Å²) < 4.78 is 2.06. The Hall–Kier alpha value is -1.43. The number of hydrogen-bond acceptors (Lipinski definition) is 4. The molecule has 2 aliphatic rings. The van der Waals surface area contributed by atoms with Gasteiger partial charge in [0, 0.05) is 19.0 Å². The van der Waals surface area contributed by atoms with Crippen molar-refractivity contribution in [2.24, 2.45) is 0 Å². The fraction of sp³-hybridized carbons (Fsp3) is 0.769. The maximum atomic E-state index is 11.3. The van der Waals surface area contributed by atoms with Gasteiger partial charge in [0.25, 0.3) is 0 Å². The Balaban J connectivity index is 1.87. The van der Waals surface area contributed by atoms with Crippen LogP contribution in [0.1, 0.15) is 49.7 Å². The molecule has 0 aliphatic carbocycles. The third-order valence-corrected chi connectivity index (χ3v) is 4.38. The first-order valence-corrected chi connectivity index (χ1v) is 7.08. The minimum absolute atomic E-state index is 0.411. The van der Waals surface area contributed by atoms with Gasteiger partial charge in [-0.3, -0.25) is 4.79 Å². The normalized spacial score (nSPS) is 27.4. The van der Waals surface area contributed by atoms with Gasteiger partial charge in [0.1, 0.15) is 17.6 Å². The van der Waals surface area contributed by atoms with Crippen molar-refractivity contribution in [3.63, 3.8) is 0 Å². The van der Waals surface area contributed by atoms with E-state index in [1.54, 1.807) is 0 Å². The lowest BCUT2D eigenvalue weighted by molar-refractivity contribution is -0.139. The molecule has 19 heavy (non-hydrogen) atoms. The van der Waals surface area contributed by atoms with Crippen LogP contribution in [0.3, 0.4) is 0 Å². The molecule has 104 valence electrons. The lowest BCUT2D eigenvalue weighted by atomic mass is 9.98. The number of carbonyl (C=O) groups is 1. The molecule has 3 heterocycles. The van der Waals surface area contributed by atoms with Crippen molar-refractivity contribution >= 4 is 5.97 Å². The quantitative estimate of drug-likeness (QED) is 0.883. The van der Waals surface area contributed by atoms with E-state index in [0.717, 1.165) is 44.8 Å². The minimum Gasteiger partial charge on any atom is -0.481 e. The topological polar surface area (TPSA) is 71.2 Å². The molecule has 0 spiro atoms. The third-order valence-electron chi connectivity index (χ3n) is 4.38. The molecular formula is C13H20N4O2. The van der Waals surface area contributed by atoms with Crippen molar-refractivity contribution in [3.8, 4) is 0 Å². The number of hydrogen-bond donors (Lipinski definition) is 1. The summed E-state index contributed by atoms with van der Waals surface area (Å²) in [6.07, 6.45) is 2.68. The maximum absolute atomic E-state index is 11.3. The molecular weight excluding hydrogens is 244 g/mol. The van der Waals surface area contributed by atoms with Crippen LogP contribution in [-0.4, -0.2) is 50.4 Å². The number of carboxylic acid groups (broad SMARTS) is 1. The molecule has 2 atom stereocenters. The van der Waals surface area contributed by atoms with E-state index >= 15 is 0 Å². The zero-order valence-corrected chi connectivity index (χ0v) is 11.2. The predicted molar refractivity (Wildman–Crippen MR) is 69.1 cm³/mol. The molecule has 1 saturated heterocycles. The van der Waals surface area contributed by atoms with Crippen LogP contribution >= 0.6 is 0 Å². The van der Waals surface area contributed by atoms with E-state index in [-0.39, 0.29) is 0 Å². The van der Waals surface area contributed by atoms with Crippen LogP contribution in [0.15, 0.2) is 0 Å². The number of aromatic nitrogens is 3. The number of likely N-dealkylation sites (N-methyl/N-ethyl adjacent to an activating group) is 1. The summed E-state index contributed by atoms with van der Waals surface area (Å²) in [5.41, 5.74) is 0. The summed E-state index contributed by atoms with van der Waals surface area (Å²) in [6.45, 7) is 6.22. The van der Waals surface area contributed by atoms with Crippen LogP contribution < -0.4 is 0 Å². The van der Waals surface area contributed by atoms with Gasteiger partial charge in [-0.05, 0) is 32.4 Å². The maximum Gasteiger partial charge on any atom is 0.314 e. The standard InChI is InChI=1S/C13H20N4O2/c1-2-16-7-5-9(8-16)11-14-15-12-10(13(18)19)4-3-6-17(11)12/h9-10H,2-8H2,1H3,(H,18,19). The number of nitrogens with zero attached hydrogens (tertiary/aromatic N) is 4. The van der Waals surface area contributed by atoms with Gasteiger partial charge in [0.05, 0.1) is 0 Å². The summed E-state index contributed by atoms with van der Waals surface area (Å²) in [6, 6.07) is 0. The fourth-order valence-electron chi connectivity index (χ4n) is 3.26. The van der Waals surface area contributed by atoms with Crippen LogP contribution in [0, 0.1) is 0 Å². The van der Waals surface area contributed by atoms with E-state index in [4.69, 9.17) is 0 Å². The van der Waals surface area contributed by atoms with Crippen LogP contribution in [0.4, 0.5) is 0 Å². The van der Waals surface area contributed by atoms with Crippen LogP contribution in [0.2, 0.25) is 0 Å². The fourth-order valence-corrected chi connectivity index (χ4v) is 3.26. The predicted octanol–water partition coefficient (Wildman–Crippen LogP) is 1.05. The molecule has 1 aromatic rings. The molecule has 0 aromatic carbocycles. The second-order valence-corrected chi connectivity index (χ2v) is 5.48. The van der Waals surface area contributed by atoms with Gasteiger partial charge in [0.15, 0.2) is 0 Å². The lowest BCUT2D eigenvalue weighted by Crippen LogP contribution is -2.25. The second-order valence-electron chi connectivity index (χ2n) is 5.48. The Morgan fingerprint density at radius 3 is 2.79 bits per heavy atom. The number of carboxylic acids is 1. The van der Waals surface area contributed by atoms with Gasteiger partial charge in [-0.1, -0.05) is 6.92 Å². The SMILES string of the molecule is CCN1CCC(c2nnc3n2CCCC3C(=O)O)C1. The molecule has 1 N–H and O–H groups in total. The lowest BCUT2D eigenvalue weighted by Gasteiger charge is -2.22. The zero-order chi connectivity index (χ0) is 13.4. The van der Waals surface area contributed by atoms with Gasteiger partial charge in [-0.15, -0.1) is 10.2 Å². The average molecular weight is 264 g/mol. The van der Waals surface area contributed by atoms with Gasteiger partial charge in [0.2, 0.25) is 0 Å². The summed E-state index contributed by atoms with van der Waals surface area (Å²) >= 11 is 0. The van der Waals surface area contributed by atoms with E-state index in [1.807, 2.05) is 0 Å². The Labute approximate surface area is 112 Å². The van der Waals surface area contributed by atoms with Crippen molar-refractivity contribution in [2.75, 3.05) is 19.6 Å². The highest BCUT2D eigenvalue weighted by molar-refractivity contribution is 5.75. The first-order chi connectivity index (χ1) is 9.20. The number of rotatable bonds is 3. The zero-order valence-electron chi connectivity index (χ0n) is 11.2. The Bertz CT molecular complexity index is 485. The highest BCUT2D eigenvalue weighted by atomic mass is 16.4. The third kappa shape index (κ3) is 2.14. The van der Waals surface area contributed by atoms with Gasteiger partial charge in [-0.2, -0.15) is 0 Å². The molecule has 1 aromatic heterocycles. The van der Waals surface area contributed by atoms with Gasteiger partial charge < -0.3 is 14.6 Å². The summed E-state index contributed by atoms with van der Waals surface area (Å²) in [5, 5.41) is 17.7. The van der Waals surface area contributed by atoms with Gasteiger partial charge >= 0.3 is 5.97 Å². The van der Waals surface area contributed by atoms with Crippen LogP contribution in [0.5, 0.6) is 0 Å². The molecule has 0 radical (unpaired) electrons. The first kappa shape index (κ1) is 12.6. The van der Waals surface area contributed by atoms with E-state index in [9.17, 15) is 9.90 Å². The number of aliphatic carboxylic acids is 1. The van der Waals surface area contributed by atoms with E-state index in [1.165, 1.54) is 0 Å². The van der Waals surface area contributed by atoms with Crippen molar-refractivity contribution in [1.29, 1.82) is 0 Å². The average Bonchev–Trinajstić information content (AvgIpc) is 3.03. The van der Waals surface area contributed by atoms with Crippen molar-refractivity contribution in [1.82, 2.24) is 19.7 Å². The smallest absolute Gasteiger partial charge is 0.314 e.